The van der Waals surface area contributed by atoms with Crippen LogP contribution in [0.15, 0.2) is 46.4 Å². The van der Waals surface area contributed by atoms with Gasteiger partial charge in [0.15, 0.2) is 3.77 Å². The lowest BCUT2D eigenvalue weighted by atomic mass is 10.1. The van der Waals surface area contributed by atoms with E-state index in [4.69, 9.17) is 4.42 Å². The second kappa shape index (κ2) is 5.95. The first-order chi connectivity index (χ1) is 11.0. The summed E-state index contributed by atoms with van der Waals surface area (Å²) in [6.07, 6.45) is 1.23. The number of hydrogen-bond donors (Lipinski definition) is 1. The van der Waals surface area contributed by atoms with Gasteiger partial charge in [0.25, 0.3) is 11.8 Å². The number of halogens is 2. The molecule has 1 saturated heterocycles. The average Bonchev–Trinajstić information content (AvgIpc) is 2.89. The summed E-state index contributed by atoms with van der Waals surface area (Å²) in [6, 6.07) is 7.27. The smallest absolute Gasteiger partial charge is 0.335 e. The maximum atomic E-state index is 13.3. The van der Waals surface area contributed by atoms with Crippen LogP contribution in [0.2, 0.25) is 0 Å². The molecule has 0 bridgehead atoms. The lowest BCUT2D eigenvalue weighted by molar-refractivity contribution is -0.122. The third kappa shape index (κ3) is 3.02. The summed E-state index contributed by atoms with van der Waals surface area (Å²) in [7, 11) is 0. The van der Waals surface area contributed by atoms with E-state index in [-0.39, 0.29) is 11.3 Å². The molecule has 1 N–H and O–H groups in total. The number of barbiturate groups is 1. The van der Waals surface area contributed by atoms with E-state index in [0.717, 1.165) is 6.07 Å². The van der Waals surface area contributed by atoms with Crippen LogP contribution in [-0.2, 0) is 9.59 Å². The highest BCUT2D eigenvalue weighted by Crippen LogP contribution is 2.23. The van der Waals surface area contributed by atoms with E-state index < -0.39 is 23.7 Å². The van der Waals surface area contributed by atoms with Crippen LogP contribution in [-0.4, -0.2) is 17.8 Å². The van der Waals surface area contributed by atoms with E-state index in [9.17, 15) is 18.8 Å². The van der Waals surface area contributed by atoms with Crippen LogP contribution in [0.4, 0.5) is 14.9 Å². The molecule has 23 heavy (non-hydrogen) atoms. The van der Waals surface area contributed by atoms with Gasteiger partial charge >= 0.3 is 6.03 Å². The molecule has 3 rings (SSSR count). The fourth-order valence-corrected chi connectivity index (χ4v) is 2.49. The minimum absolute atomic E-state index is 0.0277. The van der Waals surface area contributed by atoms with Crippen LogP contribution in [0.25, 0.3) is 6.08 Å². The van der Waals surface area contributed by atoms with E-state index in [0.29, 0.717) is 14.4 Å². The van der Waals surface area contributed by atoms with Crippen molar-refractivity contribution in [3.63, 3.8) is 0 Å². The quantitative estimate of drug-likeness (QED) is 0.455. The number of imide groups is 2. The number of amides is 4. The minimum Gasteiger partial charge on any atom is -0.451 e. The molecule has 2 aromatic rings. The third-order valence-corrected chi connectivity index (χ3v) is 3.63. The van der Waals surface area contributed by atoms with Gasteiger partial charge in [-0.05, 0) is 59.0 Å². The number of furan rings is 1. The summed E-state index contributed by atoms with van der Waals surface area (Å²) in [5.41, 5.74) is -0.250. The topological polar surface area (TPSA) is 79.6 Å². The Hall–Kier alpha value is -2.49. The van der Waals surface area contributed by atoms with Crippen LogP contribution in [0.1, 0.15) is 5.76 Å². The maximum absolute atomic E-state index is 13.3. The van der Waals surface area contributed by atoms with Crippen molar-refractivity contribution in [3.05, 3.63) is 57.3 Å². The van der Waals surface area contributed by atoms with Crippen molar-refractivity contribution in [2.75, 3.05) is 4.90 Å². The molecule has 1 aromatic carbocycles. The van der Waals surface area contributed by atoms with Crippen molar-refractivity contribution in [1.82, 2.24) is 5.32 Å². The Morgan fingerprint density at radius 3 is 2.61 bits per heavy atom. The van der Waals surface area contributed by atoms with Gasteiger partial charge in [0, 0.05) is 0 Å². The van der Waals surface area contributed by atoms with Gasteiger partial charge < -0.3 is 4.42 Å². The molecule has 116 valence electrons. The van der Waals surface area contributed by atoms with Gasteiger partial charge in [-0.3, -0.25) is 14.9 Å². The average molecular weight is 426 g/mol. The fourth-order valence-electron chi connectivity index (χ4n) is 2.06. The number of urea groups is 1. The van der Waals surface area contributed by atoms with Crippen LogP contribution in [0.3, 0.4) is 0 Å². The van der Waals surface area contributed by atoms with E-state index in [2.05, 4.69) is 0 Å². The number of benzene rings is 1. The van der Waals surface area contributed by atoms with Crippen LogP contribution >= 0.6 is 22.6 Å². The molecule has 0 atom stereocenters. The summed E-state index contributed by atoms with van der Waals surface area (Å²) < 4.78 is 19.2. The molecular weight excluding hydrogens is 418 g/mol. The second-order valence-electron chi connectivity index (χ2n) is 4.58. The number of hydrogen-bond acceptors (Lipinski definition) is 4. The third-order valence-electron chi connectivity index (χ3n) is 3.05. The monoisotopic (exact) mass is 426 g/mol. The second-order valence-corrected chi connectivity index (χ2v) is 5.64. The molecule has 1 aliphatic heterocycles. The number of carbonyl (C=O) groups is 3. The lowest BCUT2D eigenvalue weighted by Gasteiger charge is -2.26. The first-order valence-corrected chi connectivity index (χ1v) is 7.46. The summed E-state index contributed by atoms with van der Waals surface area (Å²) in [4.78, 5) is 37.0. The highest BCUT2D eigenvalue weighted by atomic mass is 127. The Bertz CT molecular complexity index is 859. The number of carbonyl (C=O) groups excluding carboxylic acids is 3. The molecule has 2 heterocycles. The number of rotatable bonds is 2. The van der Waals surface area contributed by atoms with Gasteiger partial charge in [0.05, 0.1) is 5.69 Å². The van der Waals surface area contributed by atoms with Gasteiger partial charge in [-0.2, -0.15) is 0 Å². The van der Waals surface area contributed by atoms with Crippen LogP contribution < -0.4 is 10.2 Å². The fraction of sp³-hybridized carbons (Fsp3) is 0. The molecule has 0 saturated carbocycles. The molecule has 0 aliphatic carbocycles. The Morgan fingerprint density at radius 1 is 1.17 bits per heavy atom. The van der Waals surface area contributed by atoms with Crippen LogP contribution in [0, 0.1) is 9.58 Å². The van der Waals surface area contributed by atoms with Gasteiger partial charge in [-0.15, -0.1) is 0 Å². The molecular formula is C15H8FIN2O4. The zero-order valence-corrected chi connectivity index (χ0v) is 13.5. The largest absolute Gasteiger partial charge is 0.451 e. The molecule has 0 spiro atoms. The molecule has 8 heteroatoms. The highest BCUT2D eigenvalue weighted by molar-refractivity contribution is 14.1. The standard InChI is InChI=1S/C15H8FIN2O4/c16-8-2-1-3-9(6-8)19-14(21)11(13(20)18-15(19)22)7-10-4-5-12(17)23-10/h1-7H,(H,18,20,22)/b11-7+. The molecule has 0 unspecified atom stereocenters. The minimum atomic E-state index is -0.934. The lowest BCUT2D eigenvalue weighted by Crippen LogP contribution is -2.54. The first-order valence-electron chi connectivity index (χ1n) is 6.38. The zero-order valence-electron chi connectivity index (χ0n) is 11.4. The van der Waals surface area contributed by atoms with E-state index >= 15 is 0 Å². The summed E-state index contributed by atoms with van der Waals surface area (Å²) in [6.45, 7) is 0. The molecule has 4 amide bonds. The van der Waals surface area contributed by atoms with Gasteiger partial charge in [-0.1, -0.05) is 6.07 Å². The van der Waals surface area contributed by atoms with Crippen molar-refractivity contribution >= 4 is 52.2 Å². The highest BCUT2D eigenvalue weighted by Gasteiger charge is 2.37. The Labute approximate surface area is 143 Å². The van der Waals surface area contributed by atoms with E-state index in [1.807, 2.05) is 27.9 Å². The zero-order chi connectivity index (χ0) is 16.6. The van der Waals surface area contributed by atoms with E-state index in [1.54, 1.807) is 12.1 Å². The van der Waals surface area contributed by atoms with Crippen molar-refractivity contribution in [3.8, 4) is 0 Å². The molecule has 1 aliphatic rings. The van der Waals surface area contributed by atoms with Crippen LogP contribution in [0.5, 0.6) is 0 Å². The maximum Gasteiger partial charge on any atom is 0.335 e. The summed E-state index contributed by atoms with van der Waals surface area (Å²) >= 11 is 1.94. The van der Waals surface area contributed by atoms with E-state index in [1.165, 1.54) is 24.3 Å². The van der Waals surface area contributed by atoms with Gasteiger partial charge in [-0.25, -0.2) is 14.1 Å². The summed E-state index contributed by atoms with van der Waals surface area (Å²) in [5, 5.41) is 2.05. The first kappa shape index (κ1) is 15.4. The molecule has 0 radical (unpaired) electrons. The predicted molar refractivity (Wildman–Crippen MR) is 86.8 cm³/mol. The number of anilines is 1. The number of nitrogens with zero attached hydrogens (tertiary/aromatic N) is 1. The normalized spacial score (nSPS) is 16.9. The van der Waals surface area contributed by atoms with Gasteiger partial charge in [0.2, 0.25) is 0 Å². The van der Waals surface area contributed by atoms with Crippen molar-refractivity contribution in [2.45, 2.75) is 0 Å². The van der Waals surface area contributed by atoms with Crippen molar-refractivity contribution < 1.29 is 23.2 Å². The van der Waals surface area contributed by atoms with Crippen molar-refractivity contribution in [2.24, 2.45) is 0 Å². The van der Waals surface area contributed by atoms with Crippen molar-refractivity contribution in [1.29, 1.82) is 0 Å². The molecule has 1 fully saturated rings. The predicted octanol–water partition coefficient (Wildman–Crippen LogP) is 2.69. The molecule has 1 aromatic heterocycles. The summed E-state index contributed by atoms with van der Waals surface area (Å²) in [5.74, 6) is -2.00. The number of nitrogens with one attached hydrogen (secondary N) is 1. The Balaban J connectivity index is 2.02. The van der Waals surface area contributed by atoms with Gasteiger partial charge in [0.1, 0.15) is 17.2 Å². The Kier molecular flexibility index (Phi) is 3.99. The molecule has 6 nitrogen and oxygen atoms in total. The Morgan fingerprint density at radius 2 is 1.96 bits per heavy atom. The SMILES string of the molecule is O=C1NC(=O)N(c2cccc(F)c2)C(=O)/C1=C/c1ccc(I)o1.